The van der Waals surface area contributed by atoms with Gasteiger partial charge in [-0.15, -0.1) is 0 Å². The highest BCUT2D eigenvalue weighted by Crippen LogP contribution is 2.18. The van der Waals surface area contributed by atoms with Gasteiger partial charge in [0.2, 0.25) is 5.91 Å². The molecule has 31 heavy (non-hydrogen) atoms. The van der Waals surface area contributed by atoms with Crippen molar-refractivity contribution in [1.29, 1.82) is 0 Å². The highest BCUT2D eigenvalue weighted by molar-refractivity contribution is 7.80. The molecule has 0 heterocycles. The van der Waals surface area contributed by atoms with E-state index in [1.807, 2.05) is 37.3 Å². The van der Waals surface area contributed by atoms with E-state index >= 15 is 0 Å². The van der Waals surface area contributed by atoms with E-state index in [1.54, 1.807) is 36.2 Å². The summed E-state index contributed by atoms with van der Waals surface area (Å²) in [7, 11) is 1.73. The van der Waals surface area contributed by atoms with Crippen LogP contribution in [0.1, 0.15) is 42.1 Å². The van der Waals surface area contributed by atoms with Crippen LogP contribution in [0.15, 0.2) is 54.6 Å². The molecule has 0 saturated heterocycles. The molecule has 0 aliphatic heterocycles. The Labute approximate surface area is 187 Å². The number of nitrogens with zero attached hydrogens (tertiary/aromatic N) is 1. The van der Waals surface area contributed by atoms with Gasteiger partial charge < -0.3 is 20.3 Å². The van der Waals surface area contributed by atoms with E-state index in [-0.39, 0.29) is 23.9 Å². The van der Waals surface area contributed by atoms with E-state index < -0.39 is 11.9 Å². The number of carbonyl (C=O) groups excluding carboxylic acids is 3. The molecule has 0 aromatic heterocycles. The van der Waals surface area contributed by atoms with Crippen molar-refractivity contribution in [2.24, 2.45) is 0 Å². The lowest BCUT2D eigenvalue weighted by atomic mass is 10.1. The van der Waals surface area contributed by atoms with Crippen molar-refractivity contribution in [3.63, 3.8) is 0 Å². The van der Waals surface area contributed by atoms with Gasteiger partial charge in [-0.25, -0.2) is 0 Å². The number of para-hydroxylation sites is 1. The molecule has 0 saturated carbocycles. The number of anilines is 1. The first-order chi connectivity index (χ1) is 14.9. The summed E-state index contributed by atoms with van der Waals surface area (Å²) in [5.41, 5.74) is 1.93. The van der Waals surface area contributed by atoms with E-state index in [1.165, 1.54) is 0 Å². The van der Waals surface area contributed by atoms with Gasteiger partial charge >= 0.3 is 5.97 Å². The number of nitrogens with one attached hydrogen (secondary N) is 2. The number of ether oxygens (including phenoxy) is 1. The molecular formula is C23H27N3O4S. The van der Waals surface area contributed by atoms with Gasteiger partial charge in [0.1, 0.15) is 0 Å². The molecule has 2 rings (SSSR count). The van der Waals surface area contributed by atoms with Crippen LogP contribution in [-0.2, 0) is 20.9 Å². The Balaban J connectivity index is 1.93. The van der Waals surface area contributed by atoms with Gasteiger partial charge in [-0.2, -0.15) is 0 Å². The summed E-state index contributed by atoms with van der Waals surface area (Å²) < 4.78 is 4.94. The predicted octanol–water partition coefficient (Wildman–Crippen LogP) is 3.51. The van der Waals surface area contributed by atoms with Crippen molar-refractivity contribution in [2.45, 2.75) is 32.7 Å². The molecule has 0 aliphatic rings. The number of thiocarbonyl (C=S) groups is 1. The number of rotatable bonds is 9. The fourth-order valence-corrected chi connectivity index (χ4v) is 2.98. The monoisotopic (exact) mass is 441 g/mol. The summed E-state index contributed by atoms with van der Waals surface area (Å²) >= 11 is 5.19. The third-order valence-electron chi connectivity index (χ3n) is 4.29. The van der Waals surface area contributed by atoms with Crippen molar-refractivity contribution < 1.29 is 19.1 Å². The second kappa shape index (κ2) is 12.4. The Hall–Kier alpha value is -3.26. The molecule has 0 fully saturated rings. The third kappa shape index (κ3) is 8.18. The molecule has 2 amide bonds. The minimum absolute atomic E-state index is 0.0200. The minimum atomic E-state index is -0.423. The zero-order chi connectivity index (χ0) is 22.6. The van der Waals surface area contributed by atoms with Crippen LogP contribution >= 0.6 is 12.2 Å². The molecule has 0 bridgehead atoms. The normalized spacial score (nSPS) is 10.1. The lowest BCUT2D eigenvalue weighted by molar-refractivity contribution is -0.144. The lowest BCUT2D eigenvalue weighted by Crippen LogP contribution is -2.35. The quantitative estimate of drug-likeness (QED) is 0.457. The van der Waals surface area contributed by atoms with Gasteiger partial charge in [0, 0.05) is 20.0 Å². The number of esters is 1. The van der Waals surface area contributed by atoms with Crippen LogP contribution in [0, 0.1) is 0 Å². The molecule has 0 atom stereocenters. The van der Waals surface area contributed by atoms with Crippen molar-refractivity contribution in [1.82, 2.24) is 10.2 Å². The Morgan fingerprint density at radius 1 is 1.00 bits per heavy atom. The van der Waals surface area contributed by atoms with Crippen LogP contribution in [0.2, 0.25) is 0 Å². The SMILES string of the molecule is CCCOC(=O)CCC(=O)NC(=S)Nc1ccccc1C(=O)N(C)Cc1ccccc1. The third-order valence-corrected chi connectivity index (χ3v) is 4.50. The molecule has 2 N–H and O–H groups in total. The summed E-state index contributed by atoms with van der Waals surface area (Å²) in [6.45, 7) is 2.69. The molecule has 0 spiro atoms. The fourth-order valence-electron chi connectivity index (χ4n) is 2.76. The van der Waals surface area contributed by atoms with Crippen LogP contribution in [-0.4, -0.2) is 41.5 Å². The lowest BCUT2D eigenvalue weighted by Gasteiger charge is -2.20. The van der Waals surface area contributed by atoms with Gasteiger partial charge in [0.15, 0.2) is 5.11 Å². The Morgan fingerprint density at radius 2 is 1.68 bits per heavy atom. The maximum atomic E-state index is 12.9. The largest absolute Gasteiger partial charge is 0.466 e. The highest BCUT2D eigenvalue weighted by Gasteiger charge is 2.17. The van der Waals surface area contributed by atoms with Crippen molar-refractivity contribution >= 4 is 40.8 Å². The van der Waals surface area contributed by atoms with Gasteiger partial charge in [-0.05, 0) is 36.3 Å². The van der Waals surface area contributed by atoms with Crippen LogP contribution in [0.3, 0.4) is 0 Å². The van der Waals surface area contributed by atoms with E-state index in [2.05, 4.69) is 10.6 Å². The summed E-state index contributed by atoms with van der Waals surface area (Å²) in [5.74, 6) is -1.01. The summed E-state index contributed by atoms with van der Waals surface area (Å²) in [6.07, 6.45) is 0.670. The summed E-state index contributed by atoms with van der Waals surface area (Å²) in [4.78, 5) is 38.1. The molecule has 0 aliphatic carbocycles. The molecule has 0 unspecified atom stereocenters. The van der Waals surface area contributed by atoms with Gasteiger partial charge in [-0.1, -0.05) is 49.4 Å². The maximum Gasteiger partial charge on any atom is 0.306 e. The average molecular weight is 442 g/mol. The van der Waals surface area contributed by atoms with Crippen LogP contribution < -0.4 is 10.6 Å². The topological polar surface area (TPSA) is 87.7 Å². The first-order valence-corrected chi connectivity index (χ1v) is 10.5. The van der Waals surface area contributed by atoms with E-state index in [9.17, 15) is 14.4 Å². The summed E-state index contributed by atoms with van der Waals surface area (Å²) in [6, 6.07) is 16.6. The van der Waals surface area contributed by atoms with Gasteiger partial charge in [0.25, 0.3) is 5.91 Å². The first kappa shape index (κ1) is 24.0. The van der Waals surface area contributed by atoms with Crippen LogP contribution in [0.5, 0.6) is 0 Å². The number of hydrogen-bond donors (Lipinski definition) is 2. The van der Waals surface area contributed by atoms with E-state index in [4.69, 9.17) is 17.0 Å². The average Bonchev–Trinajstić information content (AvgIpc) is 2.76. The molecule has 0 radical (unpaired) electrons. The first-order valence-electron chi connectivity index (χ1n) is 10.1. The number of hydrogen-bond acceptors (Lipinski definition) is 5. The fraction of sp³-hybridized carbons (Fsp3) is 0.304. The zero-order valence-electron chi connectivity index (χ0n) is 17.7. The standard InChI is InChI=1S/C23H27N3O4S/c1-3-15-30-21(28)14-13-20(27)25-23(31)24-19-12-8-7-11-18(19)22(29)26(2)16-17-9-5-4-6-10-17/h4-12H,3,13-16H2,1-2H3,(H2,24,25,27,31). The van der Waals surface area contributed by atoms with Crippen molar-refractivity contribution in [2.75, 3.05) is 19.0 Å². The number of amides is 2. The van der Waals surface area contributed by atoms with Crippen molar-refractivity contribution in [3.05, 3.63) is 65.7 Å². The Morgan fingerprint density at radius 3 is 2.39 bits per heavy atom. The predicted molar refractivity (Wildman–Crippen MR) is 124 cm³/mol. The minimum Gasteiger partial charge on any atom is -0.466 e. The summed E-state index contributed by atoms with van der Waals surface area (Å²) in [5, 5.41) is 5.48. The Kier molecular flexibility index (Phi) is 9.64. The van der Waals surface area contributed by atoms with E-state index in [0.717, 1.165) is 12.0 Å². The van der Waals surface area contributed by atoms with Gasteiger partial charge in [-0.3, -0.25) is 14.4 Å². The second-order valence-corrected chi connectivity index (χ2v) is 7.32. The number of carbonyl (C=O) groups is 3. The zero-order valence-corrected chi connectivity index (χ0v) is 18.5. The van der Waals surface area contributed by atoms with Crippen LogP contribution in [0.4, 0.5) is 5.69 Å². The number of benzene rings is 2. The molecular weight excluding hydrogens is 414 g/mol. The van der Waals surface area contributed by atoms with E-state index in [0.29, 0.717) is 24.4 Å². The highest BCUT2D eigenvalue weighted by atomic mass is 32.1. The molecule has 2 aromatic carbocycles. The van der Waals surface area contributed by atoms with Gasteiger partial charge in [0.05, 0.1) is 24.3 Å². The maximum absolute atomic E-state index is 12.9. The Bertz CT molecular complexity index is 918. The molecule has 8 heteroatoms. The van der Waals surface area contributed by atoms with Crippen molar-refractivity contribution in [3.8, 4) is 0 Å². The smallest absolute Gasteiger partial charge is 0.306 e. The van der Waals surface area contributed by atoms with Crippen LogP contribution in [0.25, 0.3) is 0 Å². The molecule has 7 nitrogen and oxygen atoms in total. The second-order valence-electron chi connectivity index (χ2n) is 6.92. The molecule has 2 aromatic rings. The molecule has 164 valence electrons.